The first-order chi connectivity index (χ1) is 23.2. The van der Waals surface area contributed by atoms with Crippen LogP contribution in [0.4, 0.5) is 4.39 Å². The fourth-order valence-electron chi connectivity index (χ4n) is 6.51. The zero-order valence-corrected chi connectivity index (χ0v) is 28.6. The van der Waals surface area contributed by atoms with Gasteiger partial charge in [-0.05, 0) is 43.5 Å². The molecule has 0 radical (unpaired) electrons. The van der Waals surface area contributed by atoms with E-state index >= 15 is 4.39 Å². The fourth-order valence-corrected chi connectivity index (χ4v) is 7.16. The summed E-state index contributed by atoms with van der Waals surface area (Å²) < 4.78 is 26.8. The number of benzene rings is 2. The number of halogens is 3. The monoisotopic (exact) mass is 693 g/mol. The van der Waals surface area contributed by atoms with Crippen LogP contribution >= 0.6 is 23.2 Å². The quantitative estimate of drug-likeness (QED) is 0.174. The SMILES string of the molecule is COc1cc(-c2nccc(-c3cccc(-c4cc(F)c(CNC[C@@H]5CCC(=O)N5)c(OC)n4)c3Cl)c2Cl)cc2c1CN(C[C@H](C)O)CC2. The molecular formula is C36H38Cl2FN5O4. The number of carbonyl (C=O) groups is 1. The Kier molecular flexibility index (Phi) is 10.5. The molecule has 2 aliphatic rings. The van der Waals surface area contributed by atoms with Gasteiger partial charge in [-0.3, -0.25) is 14.7 Å². The van der Waals surface area contributed by atoms with Crippen LogP contribution < -0.4 is 20.1 Å². The highest BCUT2D eigenvalue weighted by atomic mass is 35.5. The molecule has 1 saturated heterocycles. The largest absolute Gasteiger partial charge is 0.496 e. The van der Waals surface area contributed by atoms with Crippen LogP contribution in [0.3, 0.4) is 0 Å². The molecule has 2 aliphatic heterocycles. The van der Waals surface area contributed by atoms with Crippen LogP contribution in [0.5, 0.6) is 11.6 Å². The number of methoxy groups -OCH3 is 2. The number of nitrogens with one attached hydrogen (secondary N) is 2. The minimum absolute atomic E-state index is 0.0162. The molecule has 2 aromatic carbocycles. The van der Waals surface area contributed by atoms with Crippen LogP contribution in [0.25, 0.3) is 33.6 Å². The second kappa shape index (κ2) is 14.8. The Morgan fingerprint density at radius 3 is 2.62 bits per heavy atom. The minimum Gasteiger partial charge on any atom is -0.496 e. The summed E-state index contributed by atoms with van der Waals surface area (Å²) in [6, 6.07) is 12.7. The fraction of sp³-hybridized carbons (Fsp3) is 0.361. The summed E-state index contributed by atoms with van der Waals surface area (Å²) >= 11 is 14.1. The van der Waals surface area contributed by atoms with E-state index in [0.717, 1.165) is 41.8 Å². The zero-order chi connectivity index (χ0) is 33.9. The van der Waals surface area contributed by atoms with Gasteiger partial charge in [0.15, 0.2) is 0 Å². The Morgan fingerprint density at radius 1 is 1.10 bits per heavy atom. The highest BCUT2D eigenvalue weighted by Gasteiger charge is 2.25. The first-order valence-electron chi connectivity index (χ1n) is 15.9. The molecule has 4 aromatic rings. The molecule has 0 bridgehead atoms. The Morgan fingerprint density at radius 2 is 1.90 bits per heavy atom. The number of aromatic nitrogens is 2. The number of β-amino-alcohol motifs (C(OH)–C–C–N with tert-alkyl or cyclic N) is 1. The van der Waals surface area contributed by atoms with E-state index in [-0.39, 0.29) is 29.9 Å². The lowest BCUT2D eigenvalue weighted by atomic mass is 9.93. The number of pyridine rings is 2. The van der Waals surface area contributed by atoms with Crippen LogP contribution in [0.2, 0.25) is 10.0 Å². The van der Waals surface area contributed by atoms with Crippen molar-refractivity contribution in [3.05, 3.63) is 81.2 Å². The summed E-state index contributed by atoms with van der Waals surface area (Å²) in [5.41, 5.74) is 6.09. The second-order valence-electron chi connectivity index (χ2n) is 12.2. The van der Waals surface area contributed by atoms with E-state index in [1.165, 1.54) is 13.2 Å². The van der Waals surface area contributed by atoms with E-state index in [0.29, 0.717) is 64.2 Å². The number of rotatable bonds is 11. The van der Waals surface area contributed by atoms with Crippen LogP contribution in [0.15, 0.2) is 48.7 Å². The Labute approximate surface area is 289 Å². The van der Waals surface area contributed by atoms with E-state index in [9.17, 15) is 9.90 Å². The molecule has 48 heavy (non-hydrogen) atoms. The van der Waals surface area contributed by atoms with Gasteiger partial charge in [0.2, 0.25) is 11.8 Å². The standard InChI is InChI=1S/C36H38Cl2FN5O4/c1-20(45)18-44-12-10-21-13-22(14-31(47-2)28(21)19-44)35-34(38)25(9-11-41-35)24-5-4-6-26(33(24)37)30-15-29(39)27(36(43-30)48-3)17-40-16-23-7-8-32(46)42-23/h4-6,9,11,13-15,20,23,40,45H,7-8,10,12,16-19H2,1-3H3,(H,42,46)/t20-,23-/m0/s1. The number of hydrogen-bond acceptors (Lipinski definition) is 8. The lowest BCUT2D eigenvalue weighted by Crippen LogP contribution is -2.35. The van der Waals surface area contributed by atoms with Crippen molar-refractivity contribution in [2.75, 3.05) is 33.9 Å². The average molecular weight is 695 g/mol. The van der Waals surface area contributed by atoms with Gasteiger partial charge in [0.1, 0.15) is 11.6 Å². The third-order valence-corrected chi connectivity index (χ3v) is 9.64. The molecule has 3 N–H and O–H groups in total. The molecule has 0 unspecified atom stereocenters. The molecule has 1 fully saturated rings. The van der Waals surface area contributed by atoms with Crippen molar-refractivity contribution < 1.29 is 23.8 Å². The van der Waals surface area contributed by atoms with E-state index in [2.05, 4.69) is 31.6 Å². The number of nitrogens with zero attached hydrogens (tertiary/aromatic N) is 3. The van der Waals surface area contributed by atoms with Crippen LogP contribution in [0.1, 0.15) is 36.5 Å². The van der Waals surface area contributed by atoms with Gasteiger partial charge in [-0.25, -0.2) is 9.37 Å². The molecule has 252 valence electrons. The number of aliphatic hydroxyl groups excluding tert-OH is 1. The maximum absolute atomic E-state index is 15.5. The van der Waals surface area contributed by atoms with E-state index < -0.39 is 11.9 Å². The average Bonchev–Trinajstić information content (AvgIpc) is 3.49. The summed E-state index contributed by atoms with van der Waals surface area (Å²) in [5, 5.41) is 16.8. The highest BCUT2D eigenvalue weighted by molar-refractivity contribution is 6.39. The first-order valence-corrected chi connectivity index (χ1v) is 16.7. The molecule has 12 heteroatoms. The maximum Gasteiger partial charge on any atom is 0.221 e. The van der Waals surface area contributed by atoms with Crippen molar-refractivity contribution in [1.82, 2.24) is 25.5 Å². The van der Waals surface area contributed by atoms with Crippen molar-refractivity contribution in [1.29, 1.82) is 0 Å². The summed E-state index contributed by atoms with van der Waals surface area (Å²) in [6.45, 7) is 4.60. The van der Waals surface area contributed by atoms with Crippen LogP contribution in [-0.2, 0) is 24.3 Å². The Bertz CT molecular complexity index is 1820. The molecule has 4 heterocycles. The summed E-state index contributed by atoms with van der Waals surface area (Å²) in [7, 11) is 3.10. The summed E-state index contributed by atoms with van der Waals surface area (Å²) in [4.78, 5) is 23.0. The second-order valence-corrected chi connectivity index (χ2v) is 13.0. The number of aliphatic hydroxyl groups is 1. The molecular weight excluding hydrogens is 656 g/mol. The van der Waals surface area contributed by atoms with Crippen molar-refractivity contribution in [3.63, 3.8) is 0 Å². The topological polar surface area (TPSA) is 109 Å². The predicted octanol–water partition coefficient (Wildman–Crippen LogP) is 6.05. The molecule has 6 rings (SSSR count). The summed E-state index contributed by atoms with van der Waals surface area (Å²) in [5.74, 6) is 0.433. The third-order valence-electron chi connectivity index (χ3n) is 8.85. The third kappa shape index (κ3) is 7.13. The smallest absolute Gasteiger partial charge is 0.221 e. The minimum atomic E-state index is -0.485. The number of ether oxygens (including phenoxy) is 2. The van der Waals surface area contributed by atoms with Gasteiger partial charge in [-0.15, -0.1) is 0 Å². The highest BCUT2D eigenvalue weighted by Crippen LogP contribution is 2.43. The number of carbonyl (C=O) groups excluding carboxylic acids is 1. The zero-order valence-electron chi connectivity index (χ0n) is 27.1. The van der Waals surface area contributed by atoms with Crippen LogP contribution in [-0.4, -0.2) is 71.9 Å². The van der Waals surface area contributed by atoms with E-state index in [4.69, 9.17) is 32.7 Å². The van der Waals surface area contributed by atoms with Gasteiger partial charge in [-0.1, -0.05) is 41.4 Å². The molecule has 0 saturated carbocycles. The number of hydrogen-bond donors (Lipinski definition) is 3. The summed E-state index contributed by atoms with van der Waals surface area (Å²) in [6.07, 6.45) is 3.32. The van der Waals surface area contributed by atoms with Gasteiger partial charge in [0, 0.05) is 85.3 Å². The number of fused-ring (bicyclic) bond motifs is 1. The lowest BCUT2D eigenvalue weighted by molar-refractivity contribution is -0.119. The Balaban J connectivity index is 1.29. The van der Waals surface area contributed by atoms with Gasteiger partial charge >= 0.3 is 0 Å². The molecule has 2 atom stereocenters. The van der Waals surface area contributed by atoms with Gasteiger partial charge < -0.3 is 25.2 Å². The van der Waals surface area contributed by atoms with Gasteiger partial charge in [-0.2, -0.15) is 0 Å². The van der Waals surface area contributed by atoms with Crippen molar-refractivity contribution in [2.45, 2.75) is 51.4 Å². The predicted molar refractivity (Wildman–Crippen MR) is 185 cm³/mol. The molecule has 0 aliphatic carbocycles. The maximum atomic E-state index is 15.5. The number of amides is 1. The molecule has 1 amide bonds. The van der Waals surface area contributed by atoms with E-state index in [1.54, 1.807) is 32.4 Å². The van der Waals surface area contributed by atoms with Crippen molar-refractivity contribution >= 4 is 29.1 Å². The van der Waals surface area contributed by atoms with E-state index in [1.807, 2.05) is 18.2 Å². The van der Waals surface area contributed by atoms with Crippen molar-refractivity contribution in [3.8, 4) is 45.3 Å². The van der Waals surface area contributed by atoms with Gasteiger partial charge in [0.25, 0.3) is 0 Å². The molecule has 9 nitrogen and oxygen atoms in total. The lowest BCUT2D eigenvalue weighted by Gasteiger charge is -2.31. The van der Waals surface area contributed by atoms with Crippen LogP contribution in [0, 0.1) is 5.82 Å². The normalized spacial score (nSPS) is 16.8. The first kappa shape index (κ1) is 34.1. The van der Waals surface area contributed by atoms with Crippen molar-refractivity contribution in [2.24, 2.45) is 0 Å². The van der Waals surface area contributed by atoms with Gasteiger partial charge in [0.05, 0.1) is 47.3 Å². The Hall–Kier alpha value is -3.80. The molecule has 0 spiro atoms. The molecule has 2 aromatic heterocycles.